The predicted molar refractivity (Wildman–Crippen MR) is 78.3 cm³/mol. The van der Waals surface area contributed by atoms with Crippen molar-refractivity contribution in [2.24, 2.45) is 0 Å². The van der Waals surface area contributed by atoms with Gasteiger partial charge in [-0.3, -0.25) is 4.79 Å². The second-order valence-corrected chi connectivity index (χ2v) is 5.97. The number of aromatic amines is 1. The molecular weight excluding hydrogens is 254 g/mol. The number of esters is 1. The summed E-state index contributed by atoms with van der Waals surface area (Å²) in [6, 6.07) is 5.52. The summed E-state index contributed by atoms with van der Waals surface area (Å²) in [7, 11) is 1.37. The average molecular weight is 273 g/mol. The van der Waals surface area contributed by atoms with Crippen LogP contribution in [0.1, 0.15) is 54.1 Å². The van der Waals surface area contributed by atoms with Crippen molar-refractivity contribution < 1.29 is 14.3 Å². The van der Waals surface area contributed by atoms with Gasteiger partial charge in [0.05, 0.1) is 18.4 Å². The number of benzene rings is 1. The Hall–Kier alpha value is -2.10. The summed E-state index contributed by atoms with van der Waals surface area (Å²) < 4.78 is 4.86. The van der Waals surface area contributed by atoms with E-state index < -0.39 is 0 Å². The molecule has 0 amide bonds. The summed E-state index contributed by atoms with van der Waals surface area (Å²) in [5, 5.41) is 0.924. The second-order valence-electron chi connectivity index (χ2n) is 5.97. The van der Waals surface area contributed by atoms with Crippen LogP contribution < -0.4 is 0 Å². The molecule has 2 rings (SSSR count). The van der Waals surface area contributed by atoms with Gasteiger partial charge in [0.1, 0.15) is 0 Å². The van der Waals surface area contributed by atoms with Gasteiger partial charge in [0.25, 0.3) is 0 Å². The zero-order valence-electron chi connectivity index (χ0n) is 12.5. The Balaban J connectivity index is 2.74. The lowest BCUT2D eigenvalue weighted by molar-refractivity contribution is 0.0598. The van der Waals surface area contributed by atoms with Crippen molar-refractivity contribution in [3.8, 4) is 0 Å². The van der Waals surface area contributed by atoms with E-state index in [-0.39, 0.29) is 17.2 Å². The lowest BCUT2D eigenvalue weighted by Gasteiger charge is -2.22. The molecule has 20 heavy (non-hydrogen) atoms. The largest absolute Gasteiger partial charge is 0.465 e. The first-order chi connectivity index (χ1) is 9.24. The summed E-state index contributed by atoms with van der Waals surface area (Å²) in [6.07, 6.45) is 0. The van der Waals surface area contributed by atoms with Crippen LogP contribution in [-0.2, 0) is 10.2 Å². The number of carbonyl (C=O) groups excluding carboxylic acids is 2. The molecule has 1 aromatic carbocycles. The van der Waals surface area contributed by atoms with E-state index in [2.05, 4.69) is 4.98 Å². The van der Waals surface area contributed by atoms with E-state index >= 15 is 0 Å². The van der Waals surface area contributed by atoms with Crippen molar-refractivity contribution in [1.29, 1.82) is 0 Å². The Morgan fingerprint density at radius 3 is 2.30 bits per heavy atom. The zero-order valence-corrected chi connectivity index (χ0v) is 12.5. The molecule has 4 nitrogen and oxygen atoms in total. The number of aromatic nitrogens is 1. The molecule has 0 aliphatic carbocycles. The van der Waals surface area contributed by atoms with E-state index in [4.69, 9.17) is 4.74 Å². The van der Waals surface area contributed by atoms with E-state index in [0.717, 1.165) is 16.5 Å². The summed E-state index contributed by atoms with van der Waals surface area (Å²) in [6.45, 7) is 7.63. The van der Waals surface area contributed by atoms with Gasteiger partial charge in [-0.1, -0.05) is 20.8 Å². The molecule has 0 saturated carbocycles. The molecule has 1 aromatic heterocycles. The van der Waals surface area contributed by atoms with E-state index in [0.29, 0.717) is 11.3 Å². The van der Waals surface area contributed by atoms with Gasteiger partial charge >= 0.3 is 5.97 Å². The van der Waals surface area contributed by atoms with Gasteiger partial charge in [0.2, 0.25) is 0 Å². The highest BCUT2D eigenvalue weighted by Crippen LogP contribution is 2.31. The van der Waals surface area contributed by atoms with Gasteiger partial charge in [0.15, 0.2) is 5.78 Å². The number of ketones is 1. The third-order valence-corrected chi connectivity index (χ3v) is 3.35. The molecule has 0 radical (unpaired) electrons. The van der Waals surface area contributed by atoms with Crippen molar-refractivity contribution in [3.63, 3.8) is 0 Å². The van der Waals surface area contributed by atoms with Crippen molar-refractivity contribution in [2.45, 2.75) is 33.1 Å². The highest BCUT2D eigenvalue weighted by molar-refractivity contribution is 6.01. The van der Waals surface area contributed by atoms with Crippen LogP contribution in [-0.4, -0.2) is 23.8 Å². The fourth-order valence-electron chi connectivity index (χ4n) is 2.27. The van der Waals surface area contributed by atoms with Crippen LogP contribution in [0, 0.1) is 0 Å². The molecule has 4 heteroatoms. The number of fused-ring (bicyclic) bond motifs is 1. The van der Waals surface area contributed by atoms with E-state index in [1.807, 2.05) is 32.9 Å². The summed E-state index contributed by atoms with van der Waals surface area (Å²) in [5.74, 6) is -0.395. The van der Waals surface area contributed by atoms with Gasteiger partial charge in [-0.2, -0.15) is 0 Å². The van der Waals surface area contributed by atoms with Gasteiger partial charge in [-0.25, -0.2) is 4.79 Å². The standard InChI is InChI=1S/C16H19NO3/c1-9(18)13-7-10-6-12(16(2,3)4)11(15(19)20-5)8-14(10)17-13/h6-8,17H,1-5H3. The van der Waals surface area contributed by atoms with E-state index in [1.54, 1.807) is 6.07 Å². The minimum atomic E-state index is -0.365. The number of hydrogen-bond acceptors (Lipinski definition) is 3. The summed E-state index contributed by atoms with van der Waals surface area (Å²) >= 11 is 0. The van der Waals surface area contributed by atoms with Crippen LogP contribution >= 0.6 is 0 Å². The molecule has 0 unspecified atom stereocenters. The average Bonchev–Trinajstić information content (AvgIpc) is 2.78. The molecule has 0 saturated heterocycles. The summed E-state index contributed by atoms with van der Waals surface area (Å²) in [5.41, 5.74) is 2.56. The van der Waals surface area contributed by atoms with Crippen LogP contribution in [0.25, 0.3) is 10.9 Å². The van der Waals surface area contributed by atoms with Crippen molar-refractivity contribution in [1.82, 2.24) is 4.98 Å². The van der Waals surface area contributed by atoms with Crippen LogP contribution in [0.2, 0.25) is 0 Å². The normalized spacial score (nSPS) is 11.7. The highest BCUT2D eigenvalue weighted by Gasteiger charge is 2.23. The highest BCUT2D eigenvalue weighted by atomic mass is 16.5. The maximum atomic E-state index is 12.0. The number of carbonyl (C=O) groups is 2. The minimum Gasteiger partial charge on any atom is -0.465 e. The maximum absolute atomic E-state index is 12.0. The first-order valence-electron chi connectivity index (χ1n) is 6.50. The first kappa shape index (κ1) is 14.3. The fraction of sp³-hybridized carbons (Fsp3) is 0.375. The molecule has 1 heterocycles. The third kappa shape index (κ3) is 2.46. The lowest BCUT2D eigenvalue weighted by atomic mass is 9.83. The quantitative estimate of drug-likeness (QED) is 0.673. The van der Waals surface area contributed by atoms with E-state index in [9.17, 15) is 9.59 Å². The van der Waals surface area contributed by atoms with Gasteiger partial charge in [-0.15, -0.1) is 0 Å². The molecule has 2 aromatic rings. The first-order valence-corrected chi connectivity index (χ1v) is 6.50. The lowest BCUT2D eigenvalue weighted by Crippen LogP contribution is -2.17. The SMILES string of the molecule is COC(=O)c1cc2[nH]c(C(C)=O)cc2cc1C(C)(C)C. The number of hydrogen-bond donors (Lipinski definition) is 1. The van der Waals surface area contributed by atoms with Crippen molar-refractivity contribution in [2.75, 3.05) is 7.11 Å². The number of methoxy groups -OCH3 is 1. The molecule has 0 aliphatic rings. The molecular formula is C16H19NO3. The molecule has 0 bridgehead atoms. The minimum absolute atomic E-state index is 0.0295. The van der Waals surface area contributed by atoms with Crippen LogP contribution in [0.15, 0.2) is 18.2 Å². The topological polar surface area (TPSA) is 59.2 Å². The van der Waals surface area contributed by atoms with Crippen LogP contribution in [0.3, 0.4) is 0 Å². The number of H-pyrrole nitrogens is 1. The van der Waals surface area contributed by atoms with Crippen LogP contribution in [0.4, 0.5) is 0 Å². The summed E-state index contributed by atoms with van der Waals surface area (Å²) in [4.78, 5) is 26.4. The Morgan fingerprint density at radius 1 is 1.15 bits per heavy atom. The number of ether oxygens (including phenoxy) is 1. The van der Waals surface area contributed by atoms with Crippen LogP contribution in [0.5, 0.6) is 0 Å². The maximum Gasteiger partial charge on any atom is 0.338 e. The Morgan fingerprint density at radius 2 is 1.80 bits per heavy atom. The fourth-order valence-corrected chi connectivity index (χ4v) is 2.27. The van der Waals surface area contributed by atoms with Crippen molar-refractivity contribution >= 4 is 22.7 Å². The Kier molecular flexibility index (Phi) is 3.42. The third-order valence-electron chi connectivity index (χ3n) is 3.35. The molecule has 0 atom stereocenters. The molecule has 106 valence electrons. The Labute approximate surface area is 118 Å². The number of Topliss-reactive ketones (excluding diaryl/α,β-unsaturated/α-hetero) is 1. The van der Waals surface area contributed by atoms with E-state index in [1.165, 1.54) is 14.0 Å². The van der Waals surface area contributed by atoms with Gasteiger partial charge < -0.3 is 9.72 Å². The monoisotopic (exact) mass is 273 g/mol. The second kappa shape index (κ2) is 4.78. The van der Waals surface area contributed by atoms with Gasteiger partial charge in [-0.05, 0) is 29.2 Å². The van der Waals surface area contributed by atoms with Gasteiger partial charge in [0, 0.05) is 17.8 Å². The predicted octanol–water partition coefficient (Wildman–Crippen LogP) is 3.45. The molecule has 1 N–H and O–H groups in total. The molecule has 0 aliphatic heterocycles. The smallest absolute Gasteiger partial charge is 0.338 e. The molecule has 0 fully saturated rings. The molecule has 0 spiro atoms. The zero-order chi connectivity index (χ0) is 15.1. The van der Waals surface area contributed by atoms with Crippen molar-refractivity contribution in [3.05, 3.63) is 35.0 Å². The number of nitrogens with one attached hydrogen (secondary N) is 1. The number of rotatable bonds is 2. The Bertz CT molecular complexity index is 690.